The van der Waals surface area contributed by atoms with Crippen molar-refractivity contribution in [2.75, 3.05) is 29.4 Å². The molecule has 0 radical (unpaired) electrons. The Labute approximate surface area is 171 Å². The number of aryl methyl sites for hydroxylation is 2. The van der Waals surface area contributed by atoms with E-state index in [0.29, 0.717) is 6.54 Å². The van der Waals surface area contributed by atoms with Gasteiger partial charge in [-0.1, -0.05) is 0 Å². The van der Waals surface area contributed by atoms with Crippen LogP contribution in [0.1, 0.15) is 49.9 Å². The van der Waals surface area contributed by atoms with Gasteiger partial charge in [-0.05, 0) is 44.7 Å². The maximum atomic E-state index is 12.7. The number of hydrogen-bond donors (Lipinski definition) is 0. The maximum absolute atomic E-state index is 12.7. The zero-order valence-corrected chi connectivity index (χ0v) is 17.1. The summed E-state index contributed by atoms with van der Waals surface area (Å²) in [5.74, 6) is 0.895. The molecule has 0 aliphatic carbocycles. The van der Waals surface area contributed by atoms with Crippen molar-refractivity contribution in [1.29, 1.82) is 0 Å². The first-order chi connectivity index (χ1) is 14.1. The zero-order chi connectivity index (χ0) is 20.2. The minimum atomic E-state index is -0.00685. The molecule has 7 nitrogen and oxygen atoms in total. The smallest absolute Gasteiger partial charge is 0.228 e. The highest BCUT2D eigenvalue weighted by Crippen LogP contribution is 2.23. The Bertz CT molecular complexity index is 868. The molecule has 2 aliphatic rings. The lowest BCUT2D eigenvalue weighted by atomic mass is 10.1. The van der Waals surface area contributed by atoms with E-state index in [4.69, 9.17) is 0 Å². The molecule has 2 aromatic heterocycles. The molecule has 0 aromatic carbocycles. The second-order valence-corrected chi connectivity index (χ2v) is 8.04. The van der Waals surface area contributed by atoms with Gasteiger partial charge in [0.15, 0.2) is 0 Å². The normalized spacial score (nSPS) is 16.6. The fraction of sp³-hybridized carbons (Fsp3) is 0.545. The molecule has 0 spiro atoms. The number of rotatable bonds is 6. The van der Waals surface area contributed by atoms with Crippen LogP contribution in [0.2, 0.25) is 0 Å². The van der Waals surface area contributed by atoms with Crippen molar-refractivity contribution in [2.45, 2.75) is 58.4 Å². The molecule has 4 rings (SSSR count). The van der Waals surface area contributed by atoms with Gasteiger partial charge < -0.3 is 4.90 Å². The molecule has 0 N–H and O–H groups in total. The van der Waals surface area contributed by atoms with Gasteiger partial charge in [-0.2, -0.15) is 5.10 Å². The number of piperidine rings is 1. The average molecular weight is 396 g/mol. The molecule has 7 heteroatoms. The van der Waals surface area contributed by atoms with Gasteiger partial charge in [0.25, 0.3) is 0 Å². The summed E-state index contributed by atoms with van der Waals surface area (Å²) in [6.45, 7) is 5.62. The fourth-order valence-corrected chi connectivity index (χ4v) is 4.19. The largest absolute Gasteiger partial charge is 0.370 e. The Morgan fingerprint density at radius 3 is 2.59 bits per heavy atom. The third-order valence-corrected chi connectivity index (χ3v) is 5.74. The van der Waals surface area contributed by atoms with Crippen molar-refractivity contribution in [1.82, 2.24) is 14.8 Å². The van der Waals surface area contributed by atoms with Crippen LogP contribution in [0, 0.1) is 6.92 Å². The van der Waals surface area contributed by atoms with Gasteiger partial charge >= 0.3 is 0 Å². The Morgan fingerprint density at radius 1 is 1.00 bits per heavy atom. The molecular formula is C22H29N5O2. The zero-order valence-electron chi connectivity index (χ0n) is 17.1. The van der Waals surface area contributed by atoms with Crippen molar-refractivity contribution in [3.63, 3.8) is 0 Å². The number of amides is 1. The first-order valence-corrected chi connectivity index (χ1v) is 10.7. The van der Waals surface area contributed by atoms with E-state index in [1.807, 2.05) is 29.9 Å². The molecule has 0 saturated carbocycles. The standard InChI is InChI=1S/C22H29N5O2/c1-17-14-21-26(12-5-13-27(21)24-17)22(29)9-8-20(28)15-18-6-7-19(16-23-18)25-10-3-2-4-11-25/h6-7,14,16H,2-5,8-13,15H2,1H3. The molecule has 4 heterocycles. The predicted octanol–water partition coefficient (Wildman–Crippen LogP) is 2.91. The molecular weight excluding hydrogens is 366 g/mol. The van der Waals surface area contributed by atoms with Crippen LogP contribution in [-0.2, 0) is 22.6 Å². The quantitative estimate of drug-likeness (QED) is 0.752. The molecule has 1 amide bonds. The number of pyridine rings is 1. The van der Waals surface area contributed by atoms with E-state index in [-0.39, 0.29) is 31.0 Å². The third-order valence-electron chi connectivity index (χ3n) is 5.74. The van der Waals surface area contributed by atoms with Crippen LogP contribution in [-0.4, -0.2) is 46.1 Å². The van der Waals surface area contributed by atoms with Gasteiger partial charge in [-0.3, -0.25) is 19.5 Å². The van der Waals surface area contributed by atoms with E-state index in [9.17, 15) is 9.59 Å². The Balaban J connectivity index is 1.28. The number of nitrogens with zero attached hydrogens (tertiary/aromatic N) is 5. The minimum Gasteiger partial charge on any atom is -0.370 e. The number of carbonyl (C=O) groups is 2. The monoisotopic (exact) mass is 395 g/mol. The molecule has 1 fully saturated rings. The molecule has 0 unspecified atom stereocenters. The number of carbonyl (C=O) groups excluding carboxylic acids is 2. The van der Waals surface area contributed by atoms with Gasteiger partial charge in [-0.25, -0.2) is 4.68 Å². The molecule has 0 bridgehead atoms. The average Bonchev–Trinajstić information content (AvgIpc) is 3.13. The van der Waals surface area contributed by atoms with Crippen LogP contribution in [0.25, 0.3) is 0 Å². The summed E-state index contributed by atoms with van der Waals surface area (Å²) < 4.78 is 1.88. The second kappa shape index (κ2) is 8.76. The van der Waals surface area contributed by atoms with Crippen LogP contribution < -0.4 is 9.80 Å². The van der Waals surface area contributed by atoms with Crippen molar-refractivity contribution in [3.8, 4) is 0 Å². The second-order valence-electron chi connectivity index (χ2n) is 8.04. The Hall–Kier alpha value is -2.70. The first kappa shape index (κ1) is 19.6. The van der Waals surface area contributed by atoms with Crippen molar-refractivity contribution >= 4 is 23.2 Å². The lowest BCUT2D eigenvalue weighted by molar-refractivity contribution is -0.123. The van der Waals surface area contributed by atoms with Crippen molar-refractivity contribution < 1.29 is 9.59 Å². The van der Waals surface area contributed by atoms with E-state index in [2.05, 4.69) is 21.0 Å². The van der Waals surface area contributed by atoms with Crippen molar-refractivity contribution in [3.05, 3.63) is 35.8 Å². The number of ketones is 1. The van der Waals surface area contributed by atoms with Gasteiger partial charge in [-0.15, -0.1) is 0 Å². The third kappa shape index (κ3) is 4.66. The van der Waals surface area contributed by atoms with E-state index in [0.717, 1.165) is 48.9 Å². The summed E-state index contributed by atoms with van der Waals surface area (Å²) >= 11 is 0. The number of aromatic nitrogens is 3. The van der Waals surface area contributed by atoms with E-state index >= 15 is 0 Å². The van der Waals surface area contributed by atoms with Crippen LogP contribution in [0.4, 0.5) is 11.5 Å². The first-order valence-electron chi connectivity index (χ1n) is 10.7. The lowest BCUT2D eigenvalue weighted by Crippen LogP contribution is -2.37. The highest BCUT2D eigenvalue weighted by Gasteiger charge is 2.24. The predicted molar refractivity (Wildman–Crippen MR) is 112 cm³/mol. The highest BCUT2D eigenvalue weighted by molar-refractivity contribution is 5.95. The van der Waals surface area contributed by atoms with Crippen LogP contribution in [0.15, 0.2) is 24.4 Å². The molecule has 0 atom stereocenters. The summed E-state index contributed by atoms with van der Waals surface area (Å²) in [6.07, 6.45) is 7.28. The summed E-state index contributed by atoms with van der Waals surface area (Å²) in [4.78, 5) is 33.6. The van der Waals surface area contributed by atoms with Crippen LogP contribution in [0.5, 0.6) is 0 Å². The SMILES string of the molecule is Cc1cc2n(n1)CCCN2C(=O)CCC(=O)Cc1ccc(N2CCCCC2)cn1. The summed E-state index contributed by atoms with van der Waals surface area (Å²) in [6, 6.07) is 5.94. The highest BCUT2D eigenvalue weighted by atomic mass is 16.2. The van der Waals surface area contributed by atoms with Gasteiger partial charge in [0.05, 0.1) is 17.6 Å². The number of anilines is 2. The molecule has 1 saturated heterocycles. The summed E-state index contributed by atoms with van der Waals surface area (Å²) in [5, 5.41) is 4.42. The van der Waals surface area contributed by atoms with Gasteiger partial charge in [0.1, 0.15) is 11.6 Å². The summed E-state index contributed by atoms with van der Waals surface area (Å²) in [7, 11) is 0. The molecule has 29 heavy (non-hydrogen) atoms. The van der Waals surface area contributed by atoms with Gasteiger partial charge in [0, 0.05) is 57.2 Å². The van der Waals surface area contributed by atoms with E-state index < -0.39 is 0 Å². The Kier molecular flexibility index (Phi) is 5.92. The lowest BCUT2D eigenvalue weighted by Gasteiger charge is -2.28. The number of Topliss-reactive ketones (excluding diaryl/α,β-unsaturated/α-hetero) is 1. The number of hydrogen-bond acceptors (Lipinski definition) is 5. The van der Waals surface area contributed by atoms with Crippen molar-refractivity contribution in [2.24, 2.45) is 0 Å². The van der Waals surface area contributed by atoms with Crippen LogP contribution >= 0.6 is 0 Å². The topological polar surface area (TPSA) is 71.3 Å². The molecule has 2 aromatic rings. The fourth-order valence-electron chi connectivity index (χ4n) is 4.19. The van der Waals surface area contributed by atoms with E-state index in [1.165, 1.54) is 19.3 Å². The van der Waals surface area contributed by atoms with Crippen LogP contribution in [0.3, 0.4) is 0 Å². The summed E-state index contributed by atoms with van der Waals surface area (Å²) in [5.41, 5.74) is 2.82. The van der Waals surface area contributed by atoms with E-state index in [1.54, 1.807) is 4.90 Å². The minimum absolute atomic E-state index is 0.00685. The Morgan fingerprint density at radius 2 is 1.83 bits per heavy atom. The molecule has 2 aliphatic heterocycles. The maximum Gasteiger partial charge on any atom is 0.228 e. The van der Waals surface area contributed by atoms with Gasteiger partial charge in [0.2, 0.25) is 5.91 Å². The number of fused-ring (bicyclic) bond motifs is 1. The molecule has 154 valence electrons.